The predicted octanol–water partition coefficient (Wildman–Crippen LogP) is 5.30. The summed E-state index contributed by atoms with van der Waals surface area (Å²) in [7, 11) is 2.01. The highest BCUT2D eigenvalue weighted by Crippen LogP contribution is 2.42. The second-order valence-electron chi connectivity index (χ2n) is 6.44. The molecule has 134 valence electrons. The Labute approximate surface area is 166 Å². The van der Waals surface area contributed by atoms with Crippen LogP contribution in [0.25, 0.3) is 10.9 Å². The van der Waals surface area contributed by atoms with Crippen molar-refractivity contribution in [2.45, 2.75) is 11.8 Å². The number of thioether (sulfide) groups is 1. The molecule has 2 heterocycles. The normalized spacial score (nSPS) is 17.2. The number of fused-ring (bicyclic) bond motifs is 1. The van der Waals surface area contributed by atoms with Gasteiger partial charge in [0.25, 0.3) is 0 Å². The van der Waals surface area contributed by atoms with E-state index < -0.39 is 0 Å². The van der Waals surface area contributed by atoms with E-state index in [1.165, 1.54) is 0 Å². The lowest BCUT2D eigenvalue weighted by Crippen LogP contribution is -2.31. The van der Waals surface area contributed by atoms with Crippen molar-refractivity contribution < 1.29 is 4.79 Å². The Kier molecular flexibility index (Phi) is 4.91. The fraction of sp³-hybridized carbons (Fsp3) is 0.250. The van der Waals surface area contributed by atoms with E-state index in [2.05, 4.69) is 22.9 Å². The lowest BCUT2D eigenvalue weighted by molar-refractivity contribution is -0.130. The topological polar surface area (TPSA) is 25.2 Å². The molecule has 1 fully saturated rings. The van der Waals surface area contributed by atoms with Gasteiger partial charge in [-0.3, -0.25) is 4.79 Å². The van der Waals surface area contributed by atoms with Gasteiger partial charge in [-0.25, -0.2) is 0 Å². The molecule has 0 bridgehead atoms. The van der Waals surface area contributed by atoms with Crippen LogP contribution in [0.15, 0.2) is 48.7 Å². The van der Waals surface area contributed by atoms with Crippen molar-refractivity contribution in [2.75, 3.05) is 12.3 Å². The number of nitrogens with zero attached hydrogens (tertiary/aromatic N) is 2. The van der Waals surface area contributed by atoms with Gasteiger partial charge < -0.3 is 9.47 Å². The molecular weight excluding hydrogens is 387 g/mol. The minimum Gasteiger partial charge on any atom is -0.350 e. The molecule has 2 aromatic carbocycles. The molecule has 6 heteroatoms. The Morgan fingerprint density at radius 3 is 2.85 bits per heavy atom. The number of hydrogen-bond acceptors (Lipinski definition) is 2. The van der Waals surface area contributed by atoms with Gasteiger partial charge >= 0.3 is 0 Å². The number of benzene rings is 2. The summed E-state index contributed by atoms with van der Waals surface area (Å²) in [5.41, 5.74) is 3.15. The first-order valence-electron chi connectivity index (χ1n) is 8.43. The highest BCUT2D eigenvalue weighted by atomic mass is 35.5. The van der Waals surface area contributed by atoms with Crippen LogP contribution in [0, 0.1) is 0 Å². The Morgan fingerprint density at radius 2 is 2.04 bits per heavy atom. The zero-order valence-electron chi connectivity index (χ0n) is 14.3. The molecule has 3 aromatic rings. The fourth-order valence-electron chi connectivity index (χ4n) is 3.52. The molecule has 26 heavy (non-hydrogen) atoms. The van der Waals surface area contributed by atoms with E-state index in [4.69, 9.17) is 23.2 Å². The molecule has 1 aliphatic rings. The van der Waals surface area contributed by atoms with Gasteiger partial charge in [0, 0.05) is 52.1 Å². The Hall–Kier alpha value is -1.62. The zero-order valence-corrected chi connectivity index (χ0v) is 16.6. The Bertz CT molecular complexity index is 985. The average molecular weight is 405 g/mol. The number of carbonyl (C=O) groups is 1. The van der Waals surface area contributed by atoms with Crippen LogP contribution in [-0.4, -0.2) is 27.7 Å². The van der Waals surface area contributed by atoms with Crippen LogP contribution in [-0.2, 0) is 18.3 Å². The quantitative estimate of drug-likeness (QED) is 0.591. The summed E-state index contributed by atoms with van der Waals surface area (Å²) in [6, 6.07) is 13.7. The fourth-order valence-corrected chi connectivity index (χ4v) is 5.41. The molecule has 1 saturated heterocycles. The monoisotopic (exact) mass is 404 g/mol. The molecule has 1 amide bonds. The van der Waals surface area contributed by atoms with E-state index in [-0.39, 0.29) is 11.3 Å². The third kappa shape index (κ3) is 3.22. The first-order chi connectivity index (χ1) is 12.5. The first-order valence-corrected chi connectivity index (χ1v) is 10.2. The second-order valence-corrected chi connectivity index (χ2v) is 8.47. The van der Waals surface area contributed by atoms with Crippen LogP contribution in [0.5, 0.6) is 0 Å². The number of amides is 1. The number of hydrogen-bond donors (Lipinski definition) is 0. The van der Waals surface area contributed by atoms with Gasteiger partial charge in [0.05, 0.1) is 6.42 Å². The standard InChI is InChI=1S/C20H18Cl2N2OS/c1-23-12-13(15-4-2-3-5-18(15)23)10-19(25)24-8-9-26-20(24)16-7-6-14(21)11-17(16)22/h2-7,11-12,20H,8-10H2,1H3. The van der Waals surface area contributed by atoms with Gasteiger partial charge in [-0.15, -0.1) is 11.8 Å². The van der Waals surface area contributed by atoms with Gasteiger partial charge in [0.15, 0.2) is 0 Å². The largest absolute Gasteiger partial charge is 0.350 e. The number of halogens is 2. The second kappa shape index (κ2) is 7.18. The van der Waals surface area contributed by atoms with Crippen LogP contribution >= 0.6 is 35.0 Å². The van der Waals surface area contributed by atoms with Gasteiger partial charge in [0.1, 0.15) is 5.37 Å². The number of aryl methyl sites for hydroxylation is 1. The van der Waals surface area contributed by atoms with Crippen molar-refractivity contribution in [3.63, 3.8) is 0 Å². The van der Waals surface area contributed by atoms with Gasteiger partial charge in [-0.2, -0.15) is 0 Å². The van der Waals surface area contributed by atoms with Crippen molar-refractivity contribution in [3.8, 4) is 0 Å². The Balaban J connectivity index is 1.60. The van der Waals surface area contributed by atoms with Crippen molar-refractivity contribution in [3.05, 3.63) is 69.8 Å². The number of carbonyl (C=O) groups excluding carboxylic acids is 1. The van der Waals surface area contributed by atoms with E-state index in [0.717, 1.165) is 34.3 Å². The molecule has 1 unspecified atom stereocenters. The summed E-state index contributed by atoms with van der Waals surface area (Å²) in [6.45, 7) is 0.734. The third-order valence-electron chi connectivity index (χ3n) is 4.76. The van der Waals surface area contributed by atoms with E-state index in [1.54, 1.807) is 17.8 Å². The zero-order chi connectivity index (χ0) is 18.3. The van der Waals surface area contributed by atoms with Gasteiger partial charge in [-0.1, -0.05) is 47.5 Å². The summed E-state index contributed by atoms with van der Waals surface area (Å²) in [4.78, 5) is 15.0. The molecule has 1 aromatic heterocycles. The van der Waals surface area contributed by atoms with Crippen LogP contribution in [0.4, 0.5) is 0 Å². The minimum absolute atomic E-state index is 0.0535. The van der Waals surface area contributed by atoms with Crippen LogP contribution in [0.3, 0.4) is 0 Å². The molecular formula is C20H18Cl2N2OS. The Morgan fingerprint density at radius 1 is 1.23 bits per heavy atom. The molecule has 1 atom stereocenters. The van der Waals surface area contributed by atoms with Gasteiger partial charge in [-0.05, 0) is 23.8 Å². The smallest absolute Gasteiger partial charge is 0.228 e. The van der Waals surface area contributed by atoms with Crippen LogP contribution in [0.1, 0.15) is 16.5 Å². The van der Waals surface area contributed by atoms with E-state index >= 15 is 0 Å². The van der Waals surface area contributed by atoms with Gasteiger partial charge in [0.2, 0.25) is 5.91 Å². The molecule has 0 aliphatic carbocycles. The van der Waals surface area contributed by atoms with Crippen molar-refractivity contribution in [1.82, 2.24) is 9.47 Å². The lowest BCUT2D eigenvalue weighted by atomic mass is 10.1. The molecule has 0 N–H and O–H groups in total. The average Bonchev–Trinajstić information content (AvgIpc) is 3.21. The molecule has 0 saturated carbocycles. The molecule has 3 nitrogen and oxygen atoms in total. The maximum absolute atomic E-state index is 13.1. The predicted molar refractivity (Wildman–Crippen MR) is 110 cm³/mol. The third-order valence-corrected chi connectivity index (χ3v) is 6.57. The van der Waals surface area contributed by atoms with E-state index in [1.807, 2.05) is 36.2 Å². The highest BCUT2D eigenvalue weighted by molar-refractivity contribution is 7.99. The highest BCUT2D eigenvalue weighted by Gasteiger charge is 2.32. The summed E-state index contributed by atoms with van der Waals surface area (Å²) >= 11 is 14.1. The van der Waals surface area contributed by atoms with Crippen LogP contribution < -0.4 is 0 Å². The van der Waals surface area contributed by atoms with Crippen molar-refractivity contribution in [2.24, 2.45) is 7.05 Å². The number of rotatable bonds is 3. The molecule has 0 radical (unpaired) electrons. The van der Waals surface area contributed by atoms with Crippen molar-refractivity contribution in [1.29, 1.82) is 0 Å². The summed E-state index contributed by atoms with van der Waals surface area (Å²) < 4.78 is 2.07. The molecule has 4 rings (SSSR count). The van der Waals surface area contributed by atoms with Crippen LogP contribution in [0.2, 0.25) is 10.0 Å². The SMILES string of the molecule is Cn1cc(CC(=O)N2CCSC2c2ccc(Cl)cc2Cl)c2ccccc21. The number of aromatic nitrogens is 1. The maximum atomic E-state index is 13.1. The maximum Gasteiger partial charge on any atom is 0.228 e. The first kappa shape index (κ1) is 17.8. The lowest BCUT2D eigenvalue weighted by Gasteiger charge is -2.25. The van der Waals surface area contributed by atoms with E-state index in [9.17, 15) is 4.79 Å². The molecule has 0 spiro atoms. The van der Waals surface area contributed by atoms with Crippen molar-refractivity contribution >= 4 is 51.8 Å². The minimum atomic E-state index is -0.0535. The van der Waals surface area contributed by atoms with E-state index in [0.29, 0.717) is 16.5 Å². The summed E-state index contributed by atoms with van der Waals surface area (Å²) in [5, 5.41) is 2.30. The summed E-state index contributed by atoms with van der Waals surface area (Å²) in [6.07, 6.45) is 2.44. The molecule has 1 aliphatic heterocycles. The number of para-hydroxylation sites is 1. The summed E-state index contributed by atoms with van der Waals surface area (Å²) in [5.74, 6) is 1.03.